The SMILES string of the molecule is COc1cc(OC)c2c(c1Cl)C(=O)c1cc(OC)c(C(C)=O)c(OC(C)=O)c1C2=O. The maximum atomic E-state index is 13.5. The zero-order valence-corrected chi connectivity index (χ0v) is 17.6. The van der Waals surface area contributed by atoms with E-state index in [0.29, 0.717) is 0 Å². The molecule has 9 heteroatoms. The Morgan fingerprint density at radius 1 is 0.800 bits per heavy atom. The lowest BCUT2D eigenvalue weighted by Gasteiger charge is -2.25. The summed E-state index contributed by atoms with van der Waals surface area (Å²) < 4.78 is 20.9. The fourth-order valence-corrected chi connectivity index (χ4v) is 3.71. The van der Waals surface area contributed by atoms with Crippen molar-refractivity contribution >= 4 is 34.9 Å². The van der Waals surface area contributed by atoms with Crippen molar-refractivity contribution in [3.8, 4) is 23.0 Å². The molecule has 0 aromatic heterocycles. The molecule has 0 amide bonds. The Balaban J connectivity index is 2.48. The first kappa shape index (κ1) is 21.3. The summed E-state index contributed by atoms with van der Waals surface area (Å²) in [6.07, 6.45) is 0. The third-order valence-corrected chi connectivity index (χ3v) is 5.00. The molecule has 0 unspecified atom stereocenters. The molecule has 0 saturated carbocycles. The van der Waals surface area contributed by atoms with E-state index in [1.807, 2.05) is 0 Å². The molecule has 0 spiro atoms. The molecule has 2 aromatic rings. The van der Waals surface area contributed by atoms with Crippen molar-refractivity contribution in [2.45, 2.75) is 13.8 Å². The number of esters is 1. The van der Waals surface area contributed by atoms with E-state index in [0.717, 1.165) is 6.92 Å². The molecular weight excluding hydrogens is 416 g/mol. The highest BCUT2D eigenvalue weighted by Crippen LogP contribution is 2.46. The van der Waals surface area contributed by atoms with Crippen LogP contribution in [0, 0.1) is 0 Å². The van der Waals surface area contributed by atoms with Gasteiger partial charge in [-0.25, -0.2) is 0 Å². The average molecular weight is 433 g/mol. The first-order valence-corrected chi connectivity index (χ1v) is 9.03. The summed E-state index contributed by atoms with van der Waals surface area (Å²) in [5.41, 5.74) is -0.726. The third kappa shape index (κ3) is 3.09. The van der Waals surface area contributed by atoms with Gasteiger partial charge in [-0.3, -0.25) is 19.2 Å². The van der Waals surface area contributed by atoms with Crippen molar-refractivity contribution in [3.63, 3.8) is 0 Å². The fourth-order valence-electron chi connectivity index (χ4n) is 3.40. The van der Waals surface area contributed by atoms with Crippen LogP contribution in [-0.4, -0.2) is 44.6 Å². The Bertz CT molecular complexity index is 1130. The molecule has 1 aliphatic carbocycles. The summed E-state index contributed by atoms with van der Waals surface area (Å²) in [4.78, 5) is 50.9. The standard InChI is InChI=1S/C21H17ClO8/c1-8(23)14-11(27-3)6-10-15(21(14)30-9(2)24)20(26)16-12(28-4)7-13(29-5)18(22)17(16)19(10)25/h6-7H,1-5H3. The van der Waals surface area contributed by atoms with Crippen molar-refractivity contribution in [1.29, 1.82) is 0 Å². The van der Waals surface area contributed by atoms with Crippen LogP contribution in [0.3, 0.4) is 0 Å². The van der Waals surface area contributed by atoms with Gasteiger partial charge < -0.3 is 18.9 Å². The Morgan fingerprint density at radius 3 is 1.90 bits per heavy atom. The number of carbonyl (C=O) groups is 4. The molecule has 0 heterocycles. The number of hydrogen-bond donors (Lipinski definition) is 0. The van der Waals surface area contributed by atoms with Gasteiger partial charge in [-0.1, -0.05) is 11.6 Å². The number of Topliss-reactive ketones (excluding diaryl/α,β-unsaturated/α-hetero) is 1. The van der Waals surface area contributed by atoms with Crippen LogP contribution >= 0.6 is 11.6 Å². The monoisotopic (exact) mass is 432 g/mol. The maximum absolute atomic E-state index is 13.5. The largest absolute Gasteiger partial charge is 0.496 e. The van der Waals surface area contributed by atoms with Crippen molar-refractivity contribution < 1.29 is 38.1 Å². The van der Waals surface area contributed by atoms with Gasteiger partial charge in [-0.15, -0.1) is 0 Å². The Hall–Kier alpha value is -3.39. The zero-order chi connectivity index (χ0) is 22.3. The van der Waals surface area contributed by atoms with E-state index in [4.69, 9.17) is 30.5 Å². The second-order valence-corrected chi connectivity index (χ2v) is 6.74. The van der Waals surface area contributed by atoms with E-state index in [2.05, 4.69) is 0 Å². The minimum Gasteiger partial charge on any atom is -0.496 e. The first-order valence-electron chi connectivity index (χ1n) is 8.66. The van der Waals surface area contributed by atoms with Gasteiger partial charge in [-0.2, -0.15) is 0 Å². The molecule has 30 heavy (non-hydrogen) atoms. The van der Waals surface area contributed by atoms with E-state index in [1.54, 1.807) is 0 Å². The summed E-state index contributed by atoms with van der Waals surface area (Å²) in [6.45, 7) is 2.34. The molecule has 0 bridgehead atoms. The Labute approximate surface area is 176 Å². The number of halogens is 1. The van der Waals surface area contributed by atoms with Gasteiger partial charge in [0, 0.05) is 18.6 Å². The Morgan fingerprint density at radius 2 is 1.40 bits per heavy atom. The normalized spacial score (nSPS) is 12.1. The number of hydrogen-bond acceptors (Lipinski definition) is 8. The molecule has 0 saturated heterocycles. The number of fused-ring (bicyclic) bond motifs is 2. The number of ketones is 3. The maximum Gasteiger partial charge on any atom is 0.308 e. The fraction of sp³-hybridized carbons (Fsp3) is 0.238. The van der Waals surface area contributed by atoms with Crippen molar-refractivity contribution in [2.75, 3.05) is 21.3 Å². The summed E-state index contributed by atoms with van der Waals surface area (Å²) >= 11 is 6.34. The Kier molecular flexibility index (Phi) is 5.54. The van der Waals surface area contributed by atoms with Gasteiger partial charge >= 0.3 is 5.97 Å². The van der Waals surface area contributed by atoms with Gasteiger partial charge in [0.2, 0.25) is 5.78 Å². The van der Waals surface area contributed by atoms with E-state index in [9.17, 15) is 19.2 Å². The molecule has 0 aliphatic heterocycles. The van der Waals surface area contributed by atoms with E-state index in [1.165, 1.54) is 40.4 Å². The van der Waals surface area contributed by atoms with Crippen LogP contribution in [-0.2, 0) is 4.79 Å². The first-order chi connectivity index (χ1) is 14.2. The van der Waals surface area contributed by atoms with Crippen molar-refractivity contribution in [1.82, 2.24) is 0 Å². The molecule has 1 aliphatic rings. The average Bonchev–Trinajstić information content (AvgIpc) is 2.70. The molecule has 0 N–H and O–H groups in total. The summed E-state index contributed by atoms with van der Waals surface area (Å²) in [6, 6.07) is 2.63. The molecule has 0 fully saturated rings. The summed E-state index contributed by atoms with van der Waals surface area (Å²) in [5.74, 6) is -2.80. The van der Waals surface area contributed by atoms with Gasteiger partial charge in [0.05, 0.1) is 43.0 Å². The predicted octanol–water partition coefficient (Wildman–Crippen LogP) is 3.27. The van der Waals surface area contributed by atoms with Crippen LogP contribution in [0.4, 0.5) is 0 Å². The quantitative estimate of drug-likeness (QED) is 0.343. The number of benzene rings is 2. The zero-order valence-electron chi connectivity index (χ0n) is 16.8. The van der Waals surface area contributed by atoms with Crippen LogP contribution in [0.15, 0.2) is 12.1 Å². The highest BCUT2D eigenvalue weighted by atomic mass is 35.5. The highest BCUT2D eigenvalue weighted by molar-refractivity contribution is 6.41. The second-order valence-electron chi connectivity index (χ2n) is 6.36. The lowest BCUT2D eigenvalue weighted by atomic mass is 9.81. The summed E-state index contributed by atoms with van der Waals surface area (Å²) in [5, 5.41) is -0.0686. The van der Waals surface area contributed by atoms with Gasteiger partial charge in [0.15, 0.2) is 17.3 Å². The molecule has 0 atom stereocenters. The van der Waals surface area contributed by atoms with E-state index in [-0.39, 0.29) is 55.8 Å². The second kappa shape index (κ2) is 7.79. The molecule has 8 nitrogen and oxygen atoms in total. The molecule has 0 radical (unpaired) electrons. The van der Waals surface area contributed by atoms with E-state index < -0.39 is 23.3 Å². The molecule has 2 aromatic carbocycles. The lowest BCUT2D eigenvalue weighted by Crippen LogP contribution is -2.25. The molecular formula is C21H17ClO8. The number of methoxy groups -OCH3 is 3. The topological polar surface area (TPSA) is 105 Å². The van der Waals surface area contributed by atoms with Crippen LogP contribution < -0.4 is 18.9 Å². The predicted molar refractivity (Wildman–Crippen MR) is 106 cm³/mol. The van der Waals surface area contributed by atoms with Crippen LogP contribution in [0.25, 0.3) is 0 Å². The van der Waals surface area contributed by atoms with Crippen LogP contribution in [0.5, 0.6) is 23.0 Å². The lowest BCUT2D eigenvalue weighted by molar-refractivity contribution is -0.131. The number of carbonyl (C=O) groups excluding carboxylic acids is 4. The minimum atomic E-state index is -0.779. The highest BCUT2D eigenvalue weighted by Gasteiger charge is 2.40. The number of ether oxygens (including phenoxy) is 4. The third-order valence-electron chi connectivity index (χ3n) is 4.62. The van der Waals surface area contributed by atoms with Crippen molar-refractivity contribution in [2.24, 2.45) is 0 Å². The van der Waals surface area contributed by atoms with Gasteiger partial charge in [0.25, 0.3) is 0 Å². The van der Waals surface area contributed by atoms with Gasteiger partial charge in [-0.05, 0) is 13.0 Å². The van der Waals surface area contributed by atoms with Crippen LogP contribution in [0.2, 0.25) is 5.02 Å². The summed E-state index contributed by atoms with van der Waals surface area (Å²) in [7, 11) is 3.96. The van der Waals surface area contributed by atoms with Crippen molar-refractivity contribution in [3.05, 3.63) is 45.0 Å². The smallest absolute Gasteiger partial charge is 0.308 e. The van der Waals surface area contributed by atoms with Gasteiger partial charge in [0.1, 0.15) is 22.8 Å². The molecule has 3 rings (SSSR count). The van der Waals surface area contributed by atoms with Crippen LogP contribution in [0.1, 0.15) is 56.0 Å². The minimum absolute atomic E-state index is 0.0203. The van der Waals surface area contributed by atoms with E-state index >= 15 is 0 Å². The number of rotatable bonds is 5. The molecule has 156 valence electrons.